The van der Waals surface area contributed by atoms with Crippen LogP contribution in [0.2, 0.25) is 5.02 Å². The van der Waals surface area contributed by atoms with Crippen molar-refractivity contribution in [2.45, 2.75) is 56.0 Å². The Morgan fingerprint density at radius 3 is 2.69 bits per heavy atom. The normalized spacial score (nSPS) is 15.5. The SMILES string of the molecule is Cc1nnc(SCc2nc(-c3ccc(Cl)cc3)no2)n1C1CCCCC1. The average Bonchev–Trinajstić information content (AvgIpc) is 3.28. The molecular weight excluding hydrogens is 370 g/mol. The molecule has 0 atom stereocenters. The molecule has 0 saturated heterocycles. The highest BCUT2D eigenvalue weighted by Gasteiger charge is 2.22. The van der Waals surface area contributed by atoms with Gasteiger partial charge in [-0.1, -0.05) is 47.8 Å². The Labute approximate surface area is 161 Å². The number of benzene rings is 1. The fourth-order valence-electron chi connectivity index (χ4n) is 3.36. The molecule has 1 aliphatic rings. The first kappa shape index (κ1) is 17.5. The van der Waals surface area contributed by atoms with E-state index in [1.165, 1.54) is 32.1 Å². The van der Waals surface area contributed by atoms with Crippen molar-refractivity contribution in [2.75, 3.05) is 0 Å². The zero-order chi connectivity index (χ0) is 17.9. The van der Waals surface area contributed by atoms with Crippen molar-refractivity contribution in [3.05, 3.63) is 41.0 Å². The molecule has 1 aliphatic carbocycles. The van der Waals surface area contributed by atoms with E-state index < -0.39 is 0 Å². The highest BCUT2D eigenvalue weighted by atomic mass is 35.5. The van der Waals surface area contributed by atoms with E-state index in [9.17, 15) is 0 Å². The molecule has 0 aliphatic heterocycles. The van der Waals surface area contributed by atoms with Gasteiger partial charge < -0.3 is 9.09 Å². The molecule has 2 heterocycles. The summed E-state index contributed by atoms with van der Waals surface area (Å²) in [5.41, 5.74) is 0.885. The summed E-state index contributed by atoms with van der Waals surface area (Å²) in [6.45, 7) is 2.02. The molecule has 136 valence electrons. The molecular formula is C18H20ClN5OS. The van der Waals surface area contributed by atoms with Gasteiger partial charge in [0.1, 0.15) is 5.82 Å². The van der Waals surface area contributed by atoms with Crippen molar-refractivity contribution in [3.63, 3.8) is 0 Å². The first-order valence-electron chi connectivity index (χ1n) is 8.83. The van der Waals surface area contributed by atoms with Crippen LogP contribution in [-0.4, -0.2) is 24.9 Å². The summed E-state index contributed by atoms with van der Waals surface area (Å²) >= 11 is 7.52. The molecule has 1 aromatic carbocycles. The molecule has 1 saturated carbocycles. The Kier molecular flexibility index (Phi) is 5.26. The topological polar surface area (TPSA) is 69.6 Å². The number of halogens is 1. The van der Waals surface area contributed by atoms with Crippen LogP contribution in [-0.2, 0) is 5.75 Å². The van der Waals surface area contributed by atoms with Gasteiger partial charge in [0.25, 0.3) is 0 Å². The van der Waals surface area contributed by atoms with Crippen molar-refractivity contribution in [1.82, 2.24) is 24.9 Å². The number of rotatable bonds is 5. The minimum absolute atomic E-state index is 0.508. The summed E-state index contributed by atoms with van der Waals surface area (Å²) < 4.78 is 7.67. The maximum Gasteiger partial charge on any atom is 0.237 e. The lowest BCUT2D eigenvalue weighted by Crippen LogP contribution is -2.15. The monoisotopic (exact) mass is 389 g/mol. The summed E-state index contributed by atoms with van der Waals surface area (Å²) in [6, 6.07) is 7.91. The minimum atomic E-state index is 0.508. The van der Waals surface area contributed by atoms with Crippen LogP contribution in [0.1, 0.15) is 49.9 Å². The zero-order valence-electron chi connectivity index (χ0n) is 14.6. The lowest BCUT2D eigenvalue weighted by atomic mass is 9.95. The van der Waals surface area contributed by atoms with Gasteiger partial charge in [-0.25, -0.2) is 0 Å². The van der Waals surface area contributed by atoms with Crippen LogP contribution in [0.3, 0.4) is 0 Å². The maximum atomic E-state index is 5.92. The summed E-state index contributed by atoms with van der Waals surface area (Å²) in [7, 11) is 0. The highest BCUT2D eigenvalue weighted by Crippen LogP contribution is 2.33. The molecule has 4 rings (SSSR count). The summed E-state index contributed by atoms with van der Waals surface area (Å²) in [5, 5.41) is 14.3. The van der Waals surface area contributed by atoms with Crippen LogP contribution < -0.4 is 0 Å². The maximum absolute atomic E-state index is 5.92. The Bertz CT molecular complexity index is 870. The van der Waals surface area contributed by atoms with Gasteiger partial charge in [-0.3, -0.25) is 0 Å². The van der Waals surface area contributed by atoms with Crippen molar-refractivity contribution < 1.29 is 4.52 Å². The predicted octanol–water partition coefficient (Wildman–Crippen LogP) is 5.09. The minimum Gasteiger partial charge on any atom is -0.338 e. The number of aryl methyl sites for hydroxylation is 1. The number of thioether (sulfide) groups is 1. The fourth-order valence-corrected chi connectivity index (χ4v) is 4.38. The molecule has 0 amide bonds. The van der Waals surface area contributed by atoms with E-state index >= 15 is 0 Å². The van der Waals surface area contributed by atoms with Gasteiger partial charge >= 0.3 is 0 Å². The fraction of sp³-hybridized carbons (Fsp3) is 0.444. The number of hydrogen-bond acceptors (Lipinski definition) is 6. The average molecular weight is 390 g/mol. The molecule has 8 heteroatoms. The third-order valence-electron chi connectivity index (χ3n) is 4.67. The zero-order valence-corrected chi connectivity index (χ0v) is 16.1. The van der Waals surface area contributed by atoms with Gasteiger partial charge in [0.2, 0.25) is 11.7 Å². The highest BCUT2D eigenvalue weighted by molar-refractivity contribution is 7.98. The summed E-state index contributed by atoms with van der Waals surface area (Å²) in [5.74, 6) is 2.70. The van der Waals surface area contributed by atoms with Gasteiger partial charge in [-0.15, -0.1) is 10.2 Å². The Morgan fingerprint density at radius 1 is 1.15 bits per heavy atom. The Morgan fingerprint density at radius 2 is 1.92 bits per heavy atom. The Hall–Kier alpha value is -1.86. The molecule has 6 nitrogen and oxygen atoms in total. The van der Waals surface area contributed by atoms with Crippen LogP contribution >= 0.6 is 23.4 Å². The molecule has 0 radical (unpaired) electrons. The van der Waals surface area contributed by atoms with E-state index in [0.717, 1.165) is 16.5 Å². The second-order valence-electron chi connectivity index (χ2n) is 6.50. The molecule has 0 unspecified atom stereocenters. The van der Waals surface area contributed by atoms with E-state index in [4.69, 9.17) is 16.1 Å². The number of hydrogen-bond donors (Lipinski definition) is 0. The molecule has 26 heavy (non-hydrogen) atoms. The molecule has 0 spiro atoms. The first-order chi connectivity index (χ1) is 12.7. The van der Waals surface area contributed by atoms with Crippen LogP contribution in [0, 0.1) is 6.92 Å². The van der Waals surface area contributed by atoms with E-state index in [0.29, 0.717) is 28.5 Å². The molecule has 3 aromatic rings. The van der Waals surface area contributed by atoms with Crippen LogP contribution in [0.4, 0.5) is 0 Å². The lowest BCUT2D eigenvalue weighted by molar-refractivity contribution is 0.331. The van der Waals surface area contributed by atoms with Crippen molar-refractivity contribution in [3.8, 4) is 11.4 Å². The van der Waals surface area contributed by atoms with E-state index in [1.54, 1.807) is 11.8 Å². The standard InChI is InChI=1S/C18H20ClN5OS/c1-12-21-22-18(24(12)15-5-3-2-4-6-15)26-11-16-20-17(23-25-16)13-7-9-14(19)10-8-13/h7-10,15H,2-6,11H2,1H3. The summed E-state index contributed by atoms with van der Waals surface area (Å²) in [6.07, 6.45) is 6.29. The van der Waals surface area contributed by atoms with Crippen molar-refractivity contribution in [2.24, 2.45) is 0 Å². The largest absolute Gasteiger partial charge is 0.338 e. The van der Waals surface area contributed by atoms with Crippen molar-refractivity contribution >= 4 is 23.4 Å². The summed E-state index contributed by atoms with van der Waals surface area (Å²) in [4.78, 5) is 4.48. The first-order valence-corrected chi connectivity index (χ1v) is 10.2. The van der Waals surface area contributed by atoms with Gasteiger partial charge in [0.05, 0.1) is 5.75 Å². The van der Waals surface area contributed by atoms with Gasteiger partial charge in [-0.2, -0.15) is 4.98 Å². The molecule has 0 N–H and O–H groups in total. The second kappa shape index (κ2) is 7.80. The van der Waals surface area contributed by atoms with E-state index in [1.807, 2.05) is 31.2 Å². The van der Waals surface area contributed by atoms with Gasteiger partial charge in [0.15, 0.2) is 5.16 Å². The quantitative estimate of drug-likeness (QED) is 0.566. The smallest absolute Gasteiger partial charge is 0.237 e. The van der Waals surface area contributed by atoms with Gasteiger partial charge in [0, 0.05) is 16.6 Å². The van der Waals surface area contributed by atoms with Crippen LogP contribution in [0.5, 0.6) is 0 Å². The molecule has 0 bridgehead atoms. The predicted molar refractivity (Wildman–Crippen MR) is 101 cm³/mol. The van der Waals surface area contributed by atoms with E-state index in [2.05, 4.69) is 24.9 Å². The van der Waals surface area contributed by atoms with E-state index in [-0.39, 0.29) is 0 Å². The Balaban J connectivity index is 1.46. The van der Waals surface area contributed by atoms with Crippen LogP contribution in [0.15, 0.2) is 33.9 Å². The molecule has 1 fully saturated rings. The van der Waals surface area contributed by atoms with Crippen LogP contribution in [0.25, 0.3) is 11.4 Å². The van der Waals surface area contributed by atoms with Gasteiger partial charge in [-0.05, 0) is 44.0 Å². The third kappa shape index (κ3) is 3.78. The number of nitrogens with zero attached hydrogens (tertiary/aromatic N) is 5. The second-order valence-corrected chi connectivity index (χ2v) is 7.88. The van der Waals surface area contributed by atoms with Crippen molar-refractivity contribution in [1.29, 1.82) is 0 Å². The third-order valence-corrected chi connectivity index (χ3v) is 5.85. The molecule has 2 aromatic heterocycles. The number of aromatic nitrogens is 5. The lowest BCUT2D eigenvalue weighted by Gasteiger charge is -2.24.